The summed E-state index contributed by atoms with van der Waals surface area (Å²) >= 11 is 0. The Morgan fingerprint density at radius 3 is 2.17 bits per heavy atom. The van der Waals surface area contributed by atoms with Gasteiger partial charge in [0, 0.05) is 12.3 Å². The molecular weight excluding hydrogens is 154 g/mol. The van der Waals surface area contributed by atoms with Crippen LogP contribution in [0.3, 0.4) is 0 Å². The van der Waals surface area contributed by atoms with Crippen LogP contribution in [0, 0.1) is 5.92 Å². The lowest BCUT2D eigenvalue weighted by Crippen LogP contribution is -2.29. The van der Waals surface area contributed by atoms with Gasteiger partial charge in [-0.15, -0.1) is 0 Å². The van der Waals surface area contributed by atoms with Gasteiger partial charge in [-0.25, -0.2) is 0 Å². The van der Waals surface area contributed by atoms with Crippen LogP contribution in [0.15, 0.2) is 0 Å². The van der Waals surface area contributed by atoms with Crippen LogP contribution in [0.1, 0.15) is 33.6 Å². The minimum Gasteiger partial charge on any atom is -0.322 e. The second-order valence-corrected chi connectivity index (χ2v) is 3.38. The molecular formula is C9H17NO2. The van der Waals surface area contributed by atoms with Crippen molar-refractivity contribution >= 4 is 11.6 Å². The van der Waals surface area contributed by atoms with Crippen LogP contribution in [0.5, 0.6) is 0 Å². The van der Waals surface area contributed by atoms with Crippen molar-refractivity contribution in [2.75, 3.05) is 0 Å². The molecule has 0 rings (SSSR count). The Kier molecular flexibility index (Phi) is 4.74. The summed E-state index contributed by atoms with van der Waals surface area (Å²) in [5.74, 6) is 0.169. The molecule has 1 atom stereocenters. The van der Waals surface area contributed by atoms with Gasteiger partial charge in [-0.1, -0.05) is 13.8 Å². The maximum Gasteiger partial charge on any atom is 0.146 e. The lowest BCUT2D eigenvalue weighted by atomic mass is 10.0. The number of nitrogens with two attached hydrogens (primary N) is 1. The molecule has 0 saturated carbocycles. The van der Waals surface area contributed by atoms with E-state index < -0.39 is 6.04 Å². The predicted octanol–water partition coefficient (Wildman–Crippen LogP) is 0.908. The standard InChI is InChI=1S/C9H17NO2/c1-6(2)9(12)5-4-8(10)7(3)11/h6,8H,4-5,10H2,1-3H3. The number of hydrogen-bond donors (Lipinski definition) is 1. The molecule has 0 spiro atoms. The molecule has 12 heavy (non-hydrogen) atoms. The van der Waals surface area contributed by atoms with Crippen molar-refractivity contribution in [2.24, 2.45) is 11.7 Å². The van der Waals surface area contributed by atoms with E-state index >= 15 is 0 Å². The highest BCUT2D eigenvalue weighted by Gasteiger charge is 2.12. The SMILES string of the molecule is CC(=O)C(N)CCC(=O)C(C)C. The van der Waals surface area contributed by atoms with Crippen LogP contribution in [-0.2, 0) is 9.59 Å². The smallest absolute Gasteiger partial charge is 0.146 e. The van der Waals surface area contributed by atoms with E-state index in [2.05, 4.69) is 0 Å². The van der Waals surface area contributed by atoms with Gasteiger partial charge in [0.2, 0.25) is 0 Å². The van der Waals surface area contributed by atoms with E-state index in [1.54, 1.807) is 0 Å². The summed E-state index contributed by atoms with van der Waals surface area (Å²) in [4.78, 5) is 21.8. The molecule has 0 fully saturated rings. The van der Waals surface area contributed by atoms with Crippen LogP contribution < -0.4 is 5.73 Å². The lowest BCUT2D eigenvalue weighted by Gasteiger charge is -2.07. The fourth-order valence-corrected chi connectivity index (χ4v) is 0.790. The summed E-state index contributed by atoms with van der Waals surface area (Å²) in [6, 6.07) is -0.465. The van der Waals surface area contributed by atoms with E-state index in [0.717, 1.165) is 0 Å². The summed E-state index contributed by atoms with van der Waals surface area (Å²) in [6.07, 6.45) is 0.894. The van der Waals surface area contributed by atoms with Crippen molar-refractivity contribution < 1.29 is 9.59 Å². The van der Waals surface area contributed by atoms with Crippen molar-refractivity contribution in [2.45, 2.75) is 39.7 Å². The second kappa shape index (κ2) is 5.04. The Morgan fingerprint density at radius 2 is 1.83 bits per heavy atom. The molecule has 0 bridgehead atoms. The molecule has 0 aliphatic heterocycles. The zero-order valence-electron chi connectivity index (χ0n) is 7.96. The molecule has 0 aliphatic carbocycles. The van der Waals surface area contributed by atoms with Crippen molar-refractivity contribution in [3.63, 3.8) is 0 Å². The number of ketones is 2. The van der Waals surface area contributed by atoms with E-state index in [1.807, 2.05) is 13.8 Å². The number of carbonyl (C=O) groups is 2. The zero-order chi connectivity index (χ0) is 9.72. The van der Waals surface area contributed by atoms with E-state index in [0.29, 0.717) is 12.8 Å². The summed E-state index contributed by atoms with van der Waals surface area (Å²) in [6.45, 7) is 5.15. The third-order valence-corrected chi connectivity index (χ3v) is 1.87. The Hall–Kier alpha value is -0.700. The fourth-order valence-electron chi connectivity index (χ4n) is 0.790. The summed E-state index contributed by atoms with van der Waals surface area (Å²) in [5.41, 5.74) is 5.46. The minimum atomic E-state index is -0.465. The molecule has 70 valence electrons. The predicted molar refractivity (Wildman–Crippen MR) is 47.7 cm³/mol. The molecule has 0 aliphatic rings. The van der Waals surface area contributed by atoms with Crippen LogP contribution >= 0.6 is 0 Å². The van der Waals surface area contributed by atoms with Crippen LogP contribution in [-0.4, -0.2) is 17.6 Å². The minimum absolute atomic E-state index is 0.0455. The van der Waals surface area contributed by atoms with Crippen molar-refractivity contribution in [1.82, 2.24) is 0 Å². The molecule has 0 aromatic carbocycles. The van der Waals surface area contributed by atoms with Gasteiger partial charge in [0.25, 0.3) is 0 Å². The first-order valence-electron chi connectivity index (χ1n) is 4.24. The highest BCUT2D eigenvalue weighted by molar-refractivity contribution is 5.83. The Morgan fingerprint density at radius 1 is 1.33 bits per heavy atom. The largest absolute Gasteiger partial charge is 0.322 e. The molecule has 0 aromatic rings. The van der Waals surface area contributed by atoms with E-state index in [-0.39, 0.29) is 17.5 Å². The average Bonchev–Trinajstić information content (AvgIpc) is 1.98. The summed E-state index contributed by atoms with van der Waals surface area (Å²) in [5, 5.41) is 0. The van der Waals surface area contributed by atoms with Gasteiger partial charge in [-0.2, -0.15) is 0 Å². The van der Waals surface area contributed by atoms with Gasteiger partial charge in [0.1, 0.15) is 11.6 Å². The van der Waals surface area contributed by atoms with Gasteiger partial charge in [0.05, 0.1) is 6.04 Å². The van der Waals surface area contributed by atoms with E-state index in [4.69, 9.17) is 5.73 Å². The first kappa shape index (κ1) is 11.3. The number of rotatable bonds is 5. The molecule has 0 heterocycles. The van der Waals surface area contributed by atoms with Gasteiger partial charge in [0.15, 0.2) is 0 Å². The van der Waals surface area contributed by atoms with Crippen LogP contribution in [0.25, 0.3) is 0 Å². The lowest BCUT2D eigenvalue weighted by molar-refractivity contribution is -0.122. The molecule has 0 amide bonds. The normalized spacial score (nSPS) is 13.1. The van der Waals surface area contributed by atoms with Crippen molar-refractivity contribution in [1.29, 1.82) is 0 Å². The maximum atomic E-state index is 11.1. The first-order valence-corrected chi connectivity index (χ1v) is 4.24. The summed E-state index contributed by atoms with van der Waals surface area (Å²) < 4.78 is 0. The quantitative estimate of drug-likeness (QED) is 0.668. The molecule has 1 unspecified atom stereocenters. The molecule has 3 nitrogen and oxygen atoms in total. The Balaban J connectivity index is 3.69. The summed E-state index contributed by atoms with van der Waals surface area (Å²) in [7, 11) is 0. The Labute approximate surface area is 73.3 Å². The van der Waals surface area contributed by atoms with Crippen LogP contribution in [0.2, 0.25) is 0 Å². The number of carbonyl (C=O) groups excluding carboxylic acids is 2. The second-order valence-electron chi connectivity index (χ2n) is 3.38. The Bertz CT molecular complexity index is 175. The van der Waals surface area contributed by atoms with Gasteiger partial charge < -0.3 is 5.73 Å². The molecule has 2 N–H and O–H groups in total. The zero-order valence-corrected chi connectivity index (χ0v) is 7.96. The van der Waals surface area contributed by atoms with E-state index in [1.165, 1.54) is 6.92 Å². The molecule has 0 aromatic heterocycles. The monoisotopic (exact) mass is 171 g/mol. The van der Waals surface area contributed by atoms with Gasteiger partial charge >= 0.3 is 0 Å². The third-order valence-electron chi connectivity index (χ3n) is 1.87. The van der Waals surface area contributed by atoms with Gasteiger partial charge in [-0.05, 0) is 13.3 Å². The van der Waals surface area contributed by atoms with Crippen LogP contribution in [0.4, 0.5) is 0 Å². The maximum absolute atomic E-state index is 11.1. The highest BCUT2D eigenvalue weighted by atomic mass is 16.1. The van der Waals surface area contributed by atoms with Crippen molar-refractivity contribution in [3.8, 4) is 0 Å². The van der Waals surface area contributed by atoms with Gasteiger partial charge in [-0.3, -0.25) is 9.59 Å². The number of hydrogen-bond acceptors (Lipinski definition) is 3. The molecule has 0 saturated heterocycles. The molecule has 3 heteroatoms. The fraction of sp³-hybridized carbons (Fsp3) is 0.778. The van der Waals surface area contributed by atoms with E-state index in [9.17, 15) is 9.59 Å². The number of Topliss-reactive ketones (excluding diaryl/α,β-unsaturated/α-hetero) is 2. The highest BCUT2D eigenvalue weighted by Crippen LogP contribution is 2.03. The molecule has 0 radical (unpaired) electrons. The topological polar surface area (TPSA) is 60.2 Å². The third kappa shape index (κ3) is 4.23. The van der Waals surface area contributed by atoms with Crippen molar-refractivity contribution in [3.05, 3.63) is 0 Å². The first-order chi connectivity index (χ1) is 5.45. The average molecular weight is 171 g/mol.